The molecular weight excluding hydrogens is 272 g/mol. The molecule has 0 bridgehead atoms. The molecule has 116 valence electrons. The predicted molar refractivity (Wildman–Crippen MR) is 86.1 cm³/mol. The Morgan fingerprint density at radius 1 is 1.23 bits per heavy atom. The Bertz CT molecular complexity index is 548. The normalized spacial score (nSPS) is 28.3. The summed E-state index contributed by atoms with van der Waals surface area (Å²) >= 11 is 0. The first kappa shape index (κ1) is 15.1. The van der Waals surface area contributed by atoms with E-state index < -0.39 is 0 Å². The van der Waals surface area contributed by atoms with E-state index in [9.17, 15) is 4.79 Å². The fraction of sp³-hybridized carbons (Fsp3) is 0.579. The van der Waals surface area contributed by atoms with E-state index in [0.29, 0.717) is 24.2 Å². The van der Waals surface area contributed by atoms with Crippen molar-refractivity contribution in [2.75, 3.05) is 13.1 Å². The van der Waals surface area contributed by atoms with Crippen LogP contribution in [0.25, 0.3) is 0 Å². The molecule has 3 atom stereocenters. The molecule has 1 aromatic carbocycles. The highest BCUT2D eigenvalue weighted by atomic mass is 16.2. The van der Waals surface area contributed by atoms with Gasteiger partial charge >= 0.3 is 0 Å². The van der Waals surface area contributed by atoms with Crippen molar-refractivity contribution in [2.45, 2.75) is 44.4 Å². The van der Waals surface area contributed by atoms with Crippen LogP contribution in [0, 0.1) is 23.2 Å². The lowest BCUT2D eigenvalue weighted by atomic mass is 9.93. The van der Waals surface area contributed by atoms with Gasteiger partial charge in [-0.3, -0.25) is 4.79 Å². The topological polar surface area (TPSA) is 44.1 Å². The molecule has 1 aliphatic carbocycles. The number of nitriles is 1. The van der Waals surface area contributed by atoms with Gasteiger partial charge in [0.1, 0.15) is 0 Å². The third kappa shape index (κ3) is 3.32. The Hall–Kier alpha value is -1.82. The Kier molecular flexibility index (Phi) is 4.77. The number of hydrogen-bond acceptors (Lipinski definition) is 2. The minimum absolute atomic E-state index is 0.186. The number of rotatable bonds is 3. The van der Waals surface area contributed by atoms with Gasteiger partial charge in [-0.2, -0.15) is 5.26 Å². The number of likely N-dealkylation sites (tertiary alicyclic amines) is 1. The third-order valence-electron chi connectivity index (χ3n) is 5.26. The van der Waals surface area contributed by atoms with E-state index in [1.807, 2.05) is 11.0 Å². The van der Waals surface area contributed by atoms with Gasteiger partial charge in [0.25, 0.3) is 0 Å². The number of piperidine rings is 1. The smallest absolute Gasteiger partial charge is 0.225 e. The van der Waals surface area contributed by atoms with Gasteiger partial charge in [0, 0.05) is 25.4 Å². The summed E-state index contributed by atoms with van der Waals surface area (Å²) in [7, 11) is 0. The summed E-state index contributed by atoms with van der Waals surface area (Å²) in [6.45, 7) is 1.67. The average molecular weight is 296 g/mol. The Morgan fingerprint density at radius 2 is 2.05 bits per heavy atom. The molecular formula is C19H24N2O. The lowest BCUT2D eigenvalue weighted by molar-refractivity contribution is -0.137. The maximum absolute atomic E-state index is 12.8. The quantitative estimate of drug-likeness (QED) is 0.853. The molecule has 1 aromatic rings. The summed E-state index contributed by atoms with van der Waals surface area (Å²) in [5.74, 6) is 1.44. The second-order valence-corrected chi connectivity index (χ2v) is 6.77. The van der Waals surface area contributed by atoms with Crippen LogP contribution in [0.4, 0.5) is 0 Å². The van der Waals surface area contributed by atoms with E-state index in [-0.39, 0.29) is 5.92 Å². The van der Waals surface area contributed by atoms with E-state index in [1.165, 1.54) is 5.56 Å². The first-order valence-corrected chi connectivity index (χ1v) is 8.48. The third-order valence-corrected chi connectivity index (χ3v) is 5.26. The molecule has 0 radical (unpaired) electrons. The van der Waals surface area contributed by atoms with Crippen molar-refractivity contribution in [3.05, 3.63) is 35.9 Å². The van der Waals surface area contributed by atoms with Gasteiger partial charge < -0.3 is 4.90 Å². The second-order valence-electron chi connectivity index (χ2n) is 6.77. The average Bonchev–Trinajstić information content (AvgIpc) is 3.05. The van der Waals surface area contributed by atoms with Crippen molar-refractivity contribution in [3.8, 4) is 6.07 Å². The molecule has 1 saturated heterocycles. The molecule has 0 spiro atoms. The lowest BCUT2D eigenvalue weighted by Gasteiger charge is -2.33. The highest BCUT2D eigenvalue weighted by Gasteiger charge is 2.34. The minimum Gasteiger partial charge on any atom is -0.342 e. The van der Waals surface area contributed by atoms with Crippen molar-refractivity contribution >= 4 is 5.91 Å². The van der Waals surface area contributed by atoms with E-state index in [0.717, 1.165) is 45.2 Å². The molecule has 1 aliphatic heterocycles. The molecule has 2 fully saturated rings. The van der Waals surface area contributed by atoms with E-state index in [1.54, 1.807) is 0 Å². The molecule has 2 aliphatic rings. The number of carbonyl (C=O) groups is 1. The van der Waals surface area contributed by atoms with Crippen LogP contribution in [0.5, 0.6) is 0 Å². The highest BCUT2D eigenvalue weighted by molar-refractivity contribution is 5.79. The standard InChI is InChI=1S/C19H24N2O/c20-11-10-15-5-4-12-21(14-15)19(22)18-9-8-17(13-18)16-6-2-1-3-7-16/h1-3,6-7,15,17-18H,4-5,8-10,12-14H2/t15?,17-,18-/m1/s1. The SMILES string of the molecule is N#CCC1CCCN(C(=O)[C@@H]2CC[C@@H](c3ccccc3)C2)C1. The van der Waals surface area contributed by atoms with Gasteiger partial charge in [-0.05, 0) is 49.5 Å². The first-order chi connectivity index (χ1) is 10.8. The lowest BCUT2D eigenvalue weighted by Crippen LogP contribution is -2.42. The fourth-order valence-electron chi connectivity index (χ4n) is 4.05. The molecule has 22 heavy (non-hydrogen) atoms. The van der Waals surface area contributed by atoms with E-state index >= 15 is 0 Å². The molecule has 1 amide bonds. The number of nitrogens with zero attached hydrogens (tertiary/aromatic N) is 2. The molecule has 1 saturated carbocycles. The maximum Gasteiger partial charge on any atom is 0.225 e. The van der Waals surface area contributed by atoms with Crippen LogP contribution in [-0.4, -0.2) is 23.9 Å². The number of amides is 1. The van der Waals surface area contributed by atoms with Gasteiger partial charge in [0.2, 0.25) is 5.91 Å². The van der Waals surface area contributed by atoms with Crippen LogP contribution in [-0.2, 0) is 4.79 Å². The van der Waals surface area contributed by atoms with Crippen molar-refractivity contribution < 1.29 is 4.79 Å². The Labute approximate surface area is 132 Å². The van der Waals surface area contributed by atoms with Crippen molar-refractivity contribution in [1.29, 1.82) is 5.26 Å². The molecule has 3 heteroatoms. The van der Waals surface area contributed by atoms with E-state index in [4.69, 9.17) is 5.26 Å². The zero-order valence-electron chi connectivity index (χ0n) is 13.1. The van der Waals surface area contributed by atoms with Crippen LogP contribution in [0.3, 0.4) is 0 Å². The summed E-state index contributed by atoms with van der Waals surface area (Å²) in [5.41, 5.74) is 1.37. The van der Waals surface area contributed by atoms with Crippen LogP contribution in [0.1, 0.15) is 50.0 Å². The molecule has 3 rings (SSSR count). The van der Waals surface area contributed by atoms with Crippen molar-refractivity contribution in [2.24, 2.45) is 11.8 Å². The van der Waals surface area contributed by atoms with Crippen LogP contribution < -0.4 is 0 Å². The largest absolute Gasteiger partial charge is 0.342 e. The number of benzene rings is 1. The predicted octanol–water partition coefficient (Wildman–Crippen LogP) is 3.72. The second kappa shape index (κ2) is 6.96. The fourth-order valence-corrected chi connectivity index (χ4v) is 4.05. The summed E-state index contributed by atoms with van der Waals surface area (Å²) in [5, 5.41) is 8.86. The van der Waals surface area contributed by atoms with Crippen LogP contribution in [0.2, 0.25) is 0 Å². The van der Waals surface area contributed by atoms with Gasteiger partial charge in [0.05, 0.1) is 6.07 Å². The summed E-state index contributed by atoms with van der Waals surface area (Å²) in [6, 6.07) is 12.8. The Morgan fingerprint density at radius 3 is 2.82 bits per heavy atom. The molecule has 0 aromatic heterocycles. The molecule has 1 heterocycles. The summed E-state index contributed by atoms with van der Waals surface area (Å²) in [4.78, 5) is 14.8. The van der Waals surface area contributed by atoms with Crippen molar-refractivity contribution in [3.63, 3.8) is 0 Å². The zero-order valence-corrected chi connectivity index (χ0v) is 13.1. The summed E-state index contributed by atoms with van der Waals surface area (Å²) in [6.07, 6.45) is 5.85. The molecule has 0 N–H and O–H groups in total. The number of hydrogen-bond donors (Lipinski definition) is 0. The maximum atomic E-state index is 12.8. The Balaban J connectivity index is 1.58. The van der Waals surface area contributed by atoms with Gasteiger partial charge in [-0.25, -0.2) is 0 Å². The van der Waals surface area contributed by atoms with E-state index in [2.05, 4.69) is 30.3 Å². The monoisotopic (exact) mass is 296 g/mol. The first-order valence-electron chi connectivity index (χ1n) is 8.48. The minimum atomic E-state index is 0.186. The number of carbonyl (C=O) groups excluding carboxylic acids is 1. The van der Waals surface area contributed by atoms with Gasteiger partial charge in [-0.1, -0.05) is 30.3 Å². The highest BCUT2D eigenvalue weighted by Crippen LogP contribution is 2.39. The summed E-state index contributed by atoms with van der Waals surface area (Å²) < 4.78 is 0. The molecule has 1 unspecified atom stereocenters. The van der Waals surface area contributed by atoms with Gasteiger partial charge in [0.15, 0.2) is 0 Å². The molecule has 3 nitrogen and oxygen atoms in total. The van der Waals surface area contributed by atoms with Gasteiger partial charge in [-0.15, -0.1) is 0 Å². The van der Waals surface area contributed by atoms with Crippen molar-refractivity contribution in [1.82, 2.24) is 4.90 Å². The van der Waals surface area contributed by atoms with Crippen LogP contribution in [0.15, 0.2) is 30.3 Å². The zero-order chi connectivity index (χ0) is 15.4. The van der Waals surface area contributed by atoms with Crippen LogP contribution >= 0.6 is 0 Å².